The molecule has 1 aromatic rings. The lowest BCUT2D eigenvalue weighted by Gasteiger charge is -2.37. The second-order valence-electron chi connectivity index (χ2n) is 12.3. The number of alkyl halides is 2. The van der Waals surface area contributed by atoms with E-state index in [0.717, 1.165) is 42.7 Å². The van der Waals surface area contributed by atoms with Crippen molar-refractivity contribution in [3.63, 3.8) is 0 Å². The average molecular weight is 569 g/mol. The van der Waals surface area contributed by atoms with Crippen LogP contribution >= 0.6 is 0 Å². The molecule has 226 valence electrons. The number of hydrogen-bond donors (Lipinski definition) is 0. The van der Waals surface area contributed by atoms with Crippen LogP contribution in [0.3, 0.4) is 0 Å². The van der Waals surface area contributed by atoms with Gasteiger partial charge in [-0.05, 0) is 113 Å². The number of allylic oxidation sites excluding steroid dienone is 2. The van der Waals surface area contributed by atoms with Crippen molar-refractivity contribution in [1.29, 1.82) is 0 Å². The summed E-state index contributed by atoms with van der Waals surface area (Å²) in [6.45, 7) is 3.04. The molecule has 0 saturated heterocycles. The van der Waals surface area contributed by atoms with Gasteiger partial charge in [-0.3, -0.25) is 0 Å². The molecule has 1 aromatic carbocycles. The van der Waals surface area contributed by atoms with Crippen molar-refractivity contribution in [3.05, 3.63) is 35.9 Å². The van der Waals surface area contributed by atoms with Crippen molar-refractivity contribution in [3.8, 4) is 11.5 Å². The molecule has 0 amide bonds. The van der Waals surface area contributed by atoms with Crippen LogP contribution in [0.15, 0.2) is 24.3 Å². The minimum Gasteiger partial charge on any atom is -0.491 e. The number of halogens is 4. The summed E-state index contributed by atoms with van der Waals surface area (Å²) >= 11 is 0. The van der Waals surface area contributed by atoms with E-state index in [1.165, 1.54) is 64.2 Å². The van der Waals surface area contributed by atoms with Crippen molar-refractivity contribution in [2.24, 2.45) is 29.6 Å². The van der Waals surface area contributed by atoms with Crippen LogP contribution < -0.4 is 9.47 Å². The quantitative estimate of drug-likeness (QED) is 0.186. The lowest BCUT2D eigenvalue weighted by atomic mass is 9.68. The Kier molecular flexibility index (Phi) is 11.6. The molecule has 0 atom stereocenters. The molecule has 0 spiro atoms. The van der Waals surface area contributed by atoms with E-state index in [0.29, 0.717) is 24.7 Å². The van der Waals surface area contributed by atoms with Crippen LogP contribution in [-0.2, 0) is 4.74 Å². The van der Waals surface area contributed by atoms with Crippen LogP contribution in [-0.4, -0.2) is 25.4 Å². The third-order valence-electron chi connectivity index (χ3n) is 9.50. The molecule has 4 rings (SSSR count). The fourth-order valence-corrected chi connectivity index (χ4v) is 7.19. The third kappa shape index (κ3) is 8.87. The van der Waals surface area contributed by atoms with Gasteiger partial charge < -0.3 is 14.2 Å². The fourth-order valence-electron chi connectivity index (χ4n) is 7.19. The normalized spacial score (nSPS) is 29.9. The highest BCUT2D eigenvalue weighted by Gasteiger charge is 2.36. The Morgan fingerprint density at radius 2 is 1.27 bits per heavy atom. The predicted molar refractivity (Wildman–Crippen MR) is 150 cm³/mol. The summed E-state index contributed by atoms with van der Waals surface area (Å²) in [4.78, 5) is 0. The van der Waals surface area contributed by atoms with Gasteiger partial charge in [-0.1, -0.05) is 44.8 Å². The second kappa shape index (κ2) is 14.9. The van der Waals surface area contributed by atoms with E-state index >= 15 is 0 Å². The van der Waals surface area contributed by atoms with Gasteiger partial charge in [0.25, 0.3) is 0 Å². The highest BCUT2D eigenvalue weighted by molar-refractivity contribution is 5.35. The molecule has 0 unspecified atom stereocenters. The van der Waals surface area contributed by atoms with Crippen LogP contribution in [0.4, 0.5) is 17.6 Å². The van der Waals surface area contributed by atoms with E-state index in [4.69, 9.17) is 9.47 Å². The summed E-state index contributed by atoms with van der Waals surface area (Å²) in [5.41, 5.74) is 0. The smallest absolute Gasteiger partial charge is 0.422 e. The standard InChI is InChI=1S/C33H48F4O3/c1-3-5-23-8-14-26(15-9-23)27-16-10-24(11-17-27)6-7-25-12-18-28(19-13-25)39-22-33(36,37)40-30-21-20-29(38-4-2)31(34)32(30)35/h6-7,20-21,23-28H,3-5,8-19,22H2,1-2H3/b7-6+. The maximum Gasteiger partial charge on any atom is 0.422 e. The van der Waals surface area contributed by atoms with Gasteiger partial charge in [0.15, 0.2) is 18.1 Å². The Morgan fingerprint density at radius 1 is 0.750 bits per heavy atom. The van der Waals surface area contributed by atoms with Gasteiger partial charge in [0, 0.05) is 0 Å². The molecule has 40 heavy (non-hydrogen) atoms. The molecule has 3 saturated carbocycles. The number of rotatable bonds is 12. The summed E-state index contributed by atoms with van der Waals surface area (Å²) in [6, 6.07) is 2.02. The molecule has 0 N–H and O–H groups in total. The largest absolute Gasteiger partial charge is 0.491 e. The first-order valence-electron chi connectivity index (χ1n) is 15.8. The zero-order chi connectivity index (χ0) is 28.5. The average Bonchev–Trinajstić information content (AvgIpc) is 2.96. The first kappa shape index (κ1) is 31.2. The Hall–Kier alpha value is -1.76. The zero-order valence-corrected chi connectivity index (χ0v) is 24.3. The minimum absolute atomic E-state index is 0.125. The highest BCUT2D eigenvalue weighted by Crippen LogP contribution is 2.43. The summed E-state index contributed by atoms with van der Waals surface area (Å²) in [5.74, 6) is -0.0673. The van der Waals surface area contributed by atoms with Crippen molar-refractivity contribution >= 4 is 0 Å². The monoisotopic (exact) mass is 568 g/mol. The molecule has 0 heterocycles. The van der Waals surface area contributed by atoms with Crippen LogP contribution in [0.2, 0.25) is 0 Å². The predicted octanol–water partition coefficient (Wildman–Crippen LogP) is 9.88. The molecule has 7 heteroatoms. The van der Waals surface area contributed by atoms with Crippen molar-refractivity contribution < 1.29 is 31.8 Å². The van der Waals surface area contributed by atoms with Crippen molar-refractivity contribution in [1.82, 2.24) is 0 Å². The van der Waals surface area contributed by atoms with Gasteiger partial charge in [0.2, 0.25) is 11.6 Å². The van der Waals surface area contributed by atoms with E-state index in [-0.39, 0.29) is 18.5 Å². The Balaban J connectivity index is 1.13. The van der Waals surface area contributed by atoms with Gasteiger partial charge in [-0.15, -0.1) is 0 Å². The minimum atomic E-state index is -3.77. The Morgan fingerprint density at radius 3 is 1.85 bits per heavy atom. The first-order chi connectivity index (χ1) is 19.3. The van der Waals surface area contributed by atoms with Gasteiger partial charge >= 0.3 is 6.11 Å². The van der Waals surface area contributed by atoms with Crippen LogP contribution in [0.5, 0.6) is 11.5 Å². The van der Waals surface area contributed by atoms with Crippen LogP contribution in [0.25, 0.3) is 0 Å². The van der Waals surface area contributed by atoms with Crippen molar-refractivity contribution in [2.45, 2.75) is 116 Å². The van der Waals surface area contributed by atoms with E-state index in [9.17, 15) is 17.6 Å². The molecule has 3 aliphatic rings. The van der Waals surface area contributed by atoms with Gasteiger partial charge in [-0.25, -0.2) is 0 Å². The Bertz CT molecular complexity index is 928. The second-order valence-corrected chi connectivity index (χ2v) is 12.3. The molecular weight excluding hydrogens is 520 g/mol. The van der Waals surface area contributed by atoms with E-state index in [2.05, 4.69) is 23.8 Å². The zero-order valence-electron chi connectivity index (χ0n) is 24.3. The molecule has 0 bridgehead atoms. The molecular formula is C33H48F4O3. The summed E-state index contributed by atoms with van der Waals surface area (Å²) < 4.78 is 71.7. The van der Waals surface area contributed by atoms with Gasteiger partial charge in [0.1, 0.15) is 0 Å². The van der Waals surface area contributed by atoms with Gasteiger partial charge in [-0.2, -0.15) is 17.6 Å². The maximum absolute atomic E-state index is 14.3. The maximum atomic E-state index is 14.3. The van der Waals surface area contributed by atoms with E-state index < -0.39 is 30.1 Å². The van der Waals surface area contributed by atoms with Crippen molar-refractivity contribution in [2.75, 3.05) is 13.2 Å². The lowest BCUT2D eigenvalue weighted by Crippen LogP contribution is -2.34. The Labute approximate surface area is 238 Å². The highest BCUT2D eigenvalue weighted by atomic mass is 19.3. The lowest BCUT2D eigenvalue weighted by molar-refractivity contribution is -0.223. The SMILES string of the molecule is CCCC1CCC(C2CCC(/C=C/C3CCC(OCC(F)(F)Oc4ccc(OCC)c(F)c4F)CC3)CC2)CC1. The fraction of sp³-hybridized carbons (Fsp3) is 0.758. The number of ether oxygens (including phenoxy) is 3. The molecule has 0 aliphatic heterocycles. The van der Waals surface area contributed by atoms with Gasteiger partial charge in [0.05, 0.1) is 12.7 Å². The topological polar surface area (TPSA) is 27.7 Å². The van der Waals surface area contributed by atoms with E-state index in [1.54, 1.807) is 6.92 Å². The molecule has 0 aromatic heterocycles. The molecule has 3 nitrogen and oxygen atoms in total. The van der Waals surface area contributed by atoms with Crippen LogP contribution in [0.1, 0.15) is 104 Å². The van der Waals surface area contributed by atoms with Crippen LogP contribution in [0, 0.1) is 41.2 Å². The third-order valence-corrected chi connectivity index (χ3v) is 9.50. The summed E-state index contributed by atoms with van der Waals surface area (Å²) in [5, 5.41) is 0. The summed E-state index contributed by atoms with van der Waals surface area (Å²) in [7, 11) is 0. The summed E-state index contributed by atoms with van der Waals surface area (Å²) in [6.07, 6.45) is 17.7. The molecule has 3 aliphatic carbocycles. The number of benzene rings is 1. The number of hydrogen-bond acceptors (Lipinski definition) is 3. The molecule has 3 fully saturated rings. The molecule has 0 radical (unpaired) electrons. The van der Waals surface area contributed by atoms with E-state index in [1.807, 2.05) is 0 Å². The first-order valence-corrected chi connectivity index (χ1v) is 15.8.